The van der Waals surface area contributed by atoms with Crippen molar-refractivity contribution in [3.8, 4) is 0 Å². The summed E-state index contributed by atoms with van der Waals surface area (Å²) in [6.07, 6.45) is 0. The molecule has 0 radical (unpaired) electrons. The molecule has 2 rings (SSSR count). The highest BCUT2D eigenvalue weighted by Crippen LogP contribution is 2.20. The molecular weight excluding hydrogens is 295 g/mol. The van der Waals surface area contributed by atoms with Crippen molar-refractivity contribution in [3.63, 3.8) is 0 Å². The Hall–Kier alpha value is -1.57. The molecule has 0 atom stereocenters. The highest BCUT2D eigenvalue weighted by Gasteiger charge is 2.13. The maximum atomic E-state index is 13.2. The molecule has 0 saturated heterocycles. The Kier molecular flexibility index (Phi) is 3.79. The molecule has 0 bridgehead atoms. The summed E-state index contributed by atoms with van der Waals surface area (Å²) in [5.74, 6) is -0.185. The normalized spacial score (nSPS) is 11.5. The van der Waals surface area contributed by atoms with Crippen molar-refractivity contribution >= 4 is 27.3 Å². The van der Waals surface area contributed by atoms with Crippen LogP contribution in [0.2, 0.25) is 5.02 Å². The summed E-state index contributed by atoms with van der Waals surface area (Å²) in [6.45, 7) is 0.191. The molecule has 0 fully saturated rings. The van der Waals surface area contributed by atoms with Gasteiger partial charge in [-0.15, -0.1) is 0 Å². The van der Waals surface area contributed by atoms with Crippen LogP contribution in [0.5, 0.6) is 0 Å². The number of primary sulfonamides is 1. The van der Waals surface area contributed by atoms with Gasteiger partial charge in [0.2, 0.25) is 5.09 Å². The number of nitrogens with one attached hydrogen (secondary N) is 1. The predicted molar refractivity (Wildman–Crippen MR) is 68.8 cm³/mol. The van der Waals surface area contributed by atoms with Crippen LogP contribution in [0.4, 0.5) is 10.1 Å². The first-order chi connectivity index (χ1) is 8.86. The maximum absolute atomic E-state index is 13.2. The van der Waals surface area contributed by atoms with Gasteiger partial charge in [-0.3, -0.25) is 0 Å². The van der Waals surface area contributed by atoms with E-state index in [2.05, 4.69) is 5.32 Å². The Bertz CT molecular complexity index is 700. The van der Waals surface area contributed by atoms with Gasteiger partial charge in [0.15, 0.2) is 0 Å². The van der Waals surface area contributed by atoms with Crippen molar-refractivity contribution < 1.29 is 17.2 Å². The Morgan fingerprint density at radius 2 is 2.05 bits per heavy atom. The third-order valence-electron chi connectivity index (χ3n) is 2.30. The SMILES string of the molecule is NS(=O)(=O)c1ccc(CNc2ccc(Cl)c(F)c2)o1. The standard InChI is InChI=1S/C11H10ClFN2O3S/c12-9-3-1-7(5-10(9)13)15-6-8-2-4-11(18-8)19(14,16)17/h1-5,15H,6H2,(H2,14,16,17). The zero-order valence-electron chi connectivity index (χ0n) is 9.56. The van der Waals surface area contributed by atoms with Gasteiger partial charge in [-0.25, -0.2) is 17.9 Å². The molecule has 102 valence electrons. The molecule has 5 nitrogen and oxygen atoms in total. The lowest BCUT2D eigenvalue weighted by molar-refractivity contribution is 0.419. The van der Waals surface area contributed by atoms with Gasteiger partial charge in [-0.05, 0) is 30.3 Å². The van der Waals surface area contributed by atoms with Crippen LogP contribution in [0.15, 0.2) is 39.8 Å². The first-order valence-corrected chi connectivity index (χ1v) is 7.09. The molecule has 3 N–H and O–H groups in total. The lowest BCUT2D eigenvalue weighted by atomic mass is 10.3. The van der Waals surface area contributed by atoms with Crippen LogP contribution in [0.25, 0.3) is 0 Å². The third kappa shape index (κ3) is 3.46. The number of benzene rings is 1. The molecule has 1 aromatic heterocycles. The highest BCUT2D eigenvalue weighted by atomic mass is 35.5. The van der Waals surface area contributed by atoms with E-state index in [1.54, 1.807) is 6.07 Å². The molecule has 0 amide bonds. The molecule has 0 aliphatic rings. The minimum atomic E-state index is -3.85. The van der Waals surface area contributed by atoms with Gasteiger partial charge in [0.1, 0.15) is 11.6 Å². The van der Waals surface area contributed by atoms with Crippen molar-refractivity contribution in [1.82, 2.24) is 0 Å². The first kappa shape index (κ1) is 13.9. The molecule has 1 heterocycles. The molecule has 2 aromatic rings. The van der Waals surface area contributed by atoms with Crippen LogP contribution in [0, 0.1) is 5.82 Å². The molecule has 0 spiro atoms. The topological polar surface area (TPSA) is 85.3 Å². The lowest BCUT2D eigenvalue weighted by Crippen LogP contribution is -2.10. The van der Waals surface area contributed by atoms with Gasteiger partial charge in [0.05, 0.1) is 11.6 Å². The molecule has 19 heavy (non-hydrogen) atoms. The highest BCUT2D eigenvalue weighted by molar-refractivity contribution is 7.89. The van der Waals surface area contributed by atoms with E-state index in [9.17, 15) is 12.8 Å². The Balaban J connectivity index is 2.06. The van der Waals surface area contributed by atoms with E-state index in [-0.39, 0.29) is 16.7 Å². The number of anilines is 1. The summed E-state index contributed by atoms with van der Waals surface area (Å²) in [5, 5.41) is 7.49. The largest absolute Gasteiger partial charge is 0.446 e. The number of hydrogen-bond acceptors (Lipinski definition) is 4. The van der Waals surface area contributed by atoms with Crippen LogP contribution < -0.4 is 10.5 Å². The average molecular weight is 305 g/mol. The van der Waals surface area contributed by atoms with E-state index in [4.69, 9.17) is 21.2 Å². The van der Waals surface area contributed by atoms with Crippen molar-refractivity contribution in [1.29, 1.82) is 0 Å². The minimum absolute atomic E-state index is 0.0278. The second-order valence-corrected chi connectivity index (χ2v) is 5.65. The van der Waals surface area contributed by atoms with Gasteiger partial charge in [0, 0.05) is 5.69 Å². The first-order valence-electron chi connectivity index (χ1n) is 5.17. The van der Waals surface area contributed by atoms with E-state index >= 15 is 0 Å². The van der Waals surface area contributed by atoms with Crippen molar-refractivity contribution in [3.05, 3.63) is 46.9 Å². The minimum Gasteiger partial charge on any atom is -0.446 e. The summed E-state index contributed by atoms with van der Waals surface area (Å²) < 4.78 is 40.2. The van der Waals surface area contributed by atoms with Gasteiger partial charge >= 0.3 is 0 Å². The summed E-state index contributed by atoms with van der Waals surface area (Å²) in [7, 11) is -3.85. The number of rotatable bonds is 4. The fourth-order valence-electron chi connectivity index (χ4n) is 1.40. The third-order valence-corrected chi connectivity index (χ3v) is 3.39. The quantitative estimate of drug-likeness (QED) is 0.908. The van der Waals surface area contributed by atoms with Crippen LogP contribution in [-0.4, -0.2) is 8.42 Å². The van der Waals surface area contributed by atoms with Crippen LogP contribution >= 0.6 is 11.6 Å². The van der Waals surface area contributed by atoms with Gasteiger partial charge in [0.25, 0.3) is 10.0 Å². The Morgan fingerprint density at radius 3 is 2.63 bits per heavy atom. The van der Waals surface area contributed by atoms with E-state index in [0.29, 0.717) is 11.4 Å². The fraction of sp³-hybridized carbons (Fsp3) is 0.0909. The number of hydrogen-bond donors (Lipinski definition) is 2. The van der Waals surface area contributed by atoms with Gasteiger partial charge in [-0.2, -0.15) is 0 Å². The van der Waals surface area contributed by atoms with Gasteiger partial charge < -0.3 is 9.73 Å². The summed E-state index contributed by atoms with van der Waals surface area (Å²) in [6, 6.07) is 6.96. The summed E-state index contributed by atoms with van der Waals surface area (Å²) in [4.78, 5) is 0. The second kappa shape index (κ2) is 5.20. The lowest BCUT2D eigenvalue weighted by Gasteiger charge is -2.05. The van der Waals surface area contributed by atoms with E-state index in [1.807, 2.05) is 0 Å². The number of sulfonamides is 1. The fourth-order valence-corrected chi connectivity index (χ4v) is 2.00. The molecule has 1 aromatic carbocycles. The molecule has 0 aliphatic carbocycles. The molecule has 8 heteroatoms. The Labute approximate surface area is 114 Å². The van der Waals surface area contributed by atoms with Crippen molar-refractivity contribution in [2.75, 3.05) is 5.32 Å². The van der Waals surface area contributed by atoms with Crippen LogP contribution in [0.3, 0.4) is 0 Å². The van der Waals surface area contributed by atoms with Crippen molar-refractivity contribution in [2.45, 2.75) is 11.6 Å². The van der Waals surface area contributed by atoms with Crippen LogP contribution in [-0.2, 0) is 16.6 Å². The van der Waals surface area contributed by atoms with Crippen LogP contribution in [0.1, 0.15) is 5.76 Å². The monoisotopic (exact) mass is 304 g/mol. The summed E-state index contributed by atoms with van der Waals surface area (Å²) >= 11 is 5.55. The average Bonchev–Trinajstić information content (AvgIpc) is 2.79. The number of furan rings is 1. The number of halogens is 2. The molecule has 0 unspecified atom stereocenters. The second-order valence-electron chi connectivity index (χ2n) is 3.75. The maximum Gasteiger partial charge on any atom is 0.271 e. The zero-order valence-corrected chi connectivity index (χ0v) is 11.1. The Morgan fingerprint density at radius 1 is 1.32 bits per heavy atom. The zero-order chi connectivity index (χ0) is 14.0. The van der Waals surface area contributed by atoms with E-state index in [0.717, 1.165) is 0 Å². The predicted octanol–water partition coefficient (Wildman–Crippen LogP) is 2.33. The molecule has 0 aliphatic heterocycles. The van der Waals surface area contributed by atoms with E-state index < -0.39 is 15.8 Å². The molecular formula is C11H10ClFN2O3S. The van der Waals surface area contributed by atoms with E-state index in [1.165, 1.54) is 24.3 Å². The van der Waals surface area contributed by atoms with Gasteiger partial charge in [-0.1, -0.05) is 11.6 Å². The summed E-state index contributed by atoms with van der Waals surface area (Å²) in [5.41, 5.74) is 0.496. The molecule has 0 saturated carbocycles. The number of nitrogens with two attached hydrogens (primary N) is 1. The van der Waals surface area contributed by atoms with Crippen molar-refractivity contribution in [2.24, 2.45) is 5.14 Å². The smallest absolute Gasteiger partial charge is 0.271 e.